The summed E-state index contributed by atoms with van der Waals surface area (Å²) in [6, 6.07) is 12.7. The molecular formula is C14H13BrO3. The molecule has 2 rings (SSSR count). The van der Waals surface area contributed by atoms with E-state index in [0.717, 1.165) is 10.0 Å². The number of phenolic OH excluding ortho intramolecular Hbond substituents is 1. The zero-order valence-electron chi connectivity index (χ0n) is 9.89. The van der Waals surface area contributed by atoms with Crippen molar-refractivity contribution in [3.63, 3.8) is 0 Å². The van der Waals surface area contributed by atoms with E-state index < -0.39 is 0 Å². The van der Waals surface area contributed by atoms with Crippen molar-refractivity contribution in [1.29, 1.82) is 0 Å². The molecule has 4 heteroatoms. The Hall–Kier alpha value is -1.68. The van der Waals surface area contributed by atoms with E-state index >= 15 is 0 Å². The van der Waals surface area contributed by atoms with Crippen LogP contribution >= 0.6 is 15.9 Å². The number of aromatic hydroxyl groups is 1. The fourth-order valence-electron chi connectivity index (χ4n) is 1.52. The van der Waals surface area contributed by atoms with Gasteiger partial charge in [-0.05, 0) is 29.8 Å². The Kier molecular flexibility index (Phi) is 4.10. The topological polar surface area (TPSA) is 38.7 Å². The SMILES string of the molecule is COc1cc(O)ccc1OCc1ccc(Br)cc1. The number of benzene rings is 2. The number of phenols is 1. The smallest absolute Gasteiger partial charge is 0.164 e. The zero-order valence-corrected chi connectivity index (χ0v) is 11.5. The Morgan fingerprint density at radius 2 is 1.78 bits per heavy atom. The molecule has 0 unspecified atom stereocenters. The van der Waals surface area contributed by atoms with Crippen LogP contribution < -0.4 is 9.47 Å². The summed E-state index contributed by atoms with van der Waals surface area (Å²) in [5, 5.41) is 9.34. The Morgan fingerprint density at radius 3 is 2.44 bits per heavy atom. The molecule has 0 aromatic heterocycles. The van der Waals surface area contributed by atoms with Crippen LogP contribution in [0.25, 0.3) is 0 Å². The molecule has 0 aliphatic rings. The number of ether oxygens (including phenoxy) is 2. The molecule has 18 heavy (non-hydrogen) atoms. The van der Waals surface area contributed by atoms with Crippen LogP contribution in [-0.4, -0.2) is 12.2 Å². The molecule has 0 bridgehead atoms. The van der Waals surface area contributed by atoms with Gasteiger partial charge in [-0.2, -0.15) is 0 Å². The van der Waals surface area contributed by atoms with Crippen LogP contribution in [0.1, 0.15) is 5.56 Å². The summed E-state index contributed by atoms with van der Waals surface area (Å²) in [5.74, 6) is 1.29. The molecule has 0 aliphatic carbocycles. The maximum atomic E-state index is 9.34. The largest absolute Gasteiger partial charge is 0.508 e. The molecule has 1 N–H and O–H groups in total. The van der Waals surface area contributed by atoms with Crippen molar-refractivity contribution in [2.75, 3.05) is 7.11 Å². The van der Waals surface area contributed by atoms with Gasteiger partial charge in [0.2, 0.25) is 0 Å². The highest BCUT2D eigenvalue weighted by Gasteiger charge is 2.05. The quantitative estimate of drug-likeness (QED) is 0.935. The predicted octanol–water partition coefficient (Wildman–Crippen LogP) is 3.74. The normalized spacial score (nSPS) is 10.1. The number of rotatable bonds is 4. The fraction of sp³-hybridized carbons (Fsp3) is 0.143. The number of hydrogen-bond donors (Lipinski definition) is 1. The van der Waals surface area contributed by atoms with Crippen LogP contribution in [0.15, 0.2) is 46.9 Å². The third-order valence-electron chi connectivity index (χ3n) is 2.45. The highest BCUT2D eigenvalue weighted by Crippen LogP contribution is 2.31. The van der Waals surface area contributed by atoms with E-state index in [1.807, 2.05) is 24.3 Å². The molecule has 0 spiro atoms. The molecule has 0 amide bonds. The molecule has 0 saturated heterocycles. The van der Waals surface area contributed by atoms with Gasteiger partial charge in [0.05, 0.1) is 7.11 Å². The second-order valence-electron chi connectivity index (χ2n) is 3.75. The summed E-state index contributed by atoms with van der Waals surface area (Å²) >= 11 is 3.38. The summed E-state index contributed by atoms with van der Waals surface area (Å²) in [6.45, 7) is 0.453. The average molecular weight is 309 g/mol. The second-order valence-corrected chi connectivity index (χ2v) is 4.67. The molecule has 2 aromatic carbocycles. The van der Waals surface area contributed by atoms with Gasteiger partial charge in [-0.15, -0.1) is 0 Å². The first kappa shape index (κ1) is 12.8. The van der Waals surface area contributed by atoms with Gasteiger partial charge in [0.25, 0.3) is 0 Å². The van der Waals surface area contributed by atoms with Crippen LogP contribution in [0.3, 0.4) is 0 Å². The Morgan fingerprint density at radius 1 is 1.06 bits per heavy atom. The molecular weight excluding hydrogens is 296 g/mol. The molecule has 0 heterocycles. The molecule has 2 aromatic rings. The zero-order chi connectivity index (χ0) is 13.0. The van der Waals surface area contributed by atoms with E-state index in [9.17, 15) is 5.11 Å². The Balaban J connectivity index is 2.08. The molecule has 94 valence electrons. The van der Waals surface area contributed by atoms with Crippen molar-refractivity contribution >= 4 is 15.9 Å². The number of methoxy groups -OCH3 is 1. The lowest BCUT2D eigenvalue weighted by molar-refractivity contribution is 0.283. The predicted molar refractivity (Wildman–Crippen MR) is 73.1 cm³/mol. The Bertz CT molecular complexity index is 523. The van der Waals surface area contributed by atoms with E-state index in [1.165, 1.54) is 6.07 Å². The van der Waals surface area contributed by atoms with Gasteiger partial charge in [0.15, 0.2) is 11.5 Å². The van der Waals surface area contributed by atoms with Crippen LogP contribution in [0, 0.1) is 0 Å². The van der Waals surface area contributed by atoms with Crippen molar-refractivity contribution in [3.8, 4) is 17.2 Å². The third-order valence-corrected chi connectivity index (χ3v) is 2.98. The van der Waals surface area contributed by atoms with Gasteiger partial charge >= 0.3 is 0 Å². The Labute approximate surface area is 114 Å². The molecule has 0 saturated carbocycles. The van der Waals surface area contributed by atoms with E-state index in [4.69, 9.17) is 9.47 Å². The van der Waals surface area contributed by atoms with Gasteiger partial charge in [-0.1, -0.05) is 28.1 Å². The van der Waals surface area contributed by atoms with E-state index in [-0.39, 0.29) is 5.75 Å². The minimum absolute atomic E-state index is 0.155. The summed E-state index contributed by atoms with van der Waals surface area (Å²) in [5.41, 5.74) is 1.06. The lowest BCUT2D eigenvalue weighted by atomic mass is 10.2. The van der Waals surface area contributed by atoms with Crippen molar-refractivity contribution in [2.24, 2.45) is 0 Å². The molecule has 0 fully saturated rings. The number of halogens is 1. The van der Waals surface area contributed by atoms with Gasteiger partial charge in [0, 0.05) is 10.5 Å². The molecule has 3 nitrogen and oxygen atoms in total. The highest BCUT2D eigenvalue weighted by molar-refractivity contribution is 9.10. The first-order valence-electron chi connectivity index (χ1n) is 5.43. The lowest BCUT2D eigenvalue weighted by Gasteiger charge is -2.10. The maximum absolute atomic E-state index is 9.34. The van der Waals surface area contributed by atoms with Gasteiger partial charge in [-0.25, -0.2) is 0 Å². The third kappa shape index (κ3) is 3.17. The monoisotopic (exact) mass is 308 g/mol. The van der Waals surface area contributed by atoms with Crippen LogP contribution in [0.5, 0.6) is 17.2 Å². The minimum atomic E-state index is 0.155. The fourth-order valence-corrected chi connectivity index (χ4v) is 1.78. The summed E-state index contributed by atoms with van der Waals surface area (Å²) in [4.78, 5) is 0. The molecule has 0 radical (unpaired) electrons. The van der Waals surface area contributed by atoms with E-state index in [1.54, 1.807) is 19.2 Å². The lowest BCUT2D eigenvalue weighted by Crippen LogP contribution is -1.97. The minimum Gasteiger partial charge on any atom is -0.508 e. The van der Waals surface area contributed by atoms with Gasteiger partial charge < -0.3 is 14.6 Å². The van der Waals surface area contributed by atoms with Crippen molar-refractivity contribution in [2.45, 2.75) is 6.61 Å². The van der Waals surface area contributed by atoms with E-state index in [2.05, 4.69) is 15.9 Å². The standard InChI is InChI=1S/C14H13BrO3/c1-17-14-8-12(16)6-7-13(14)18-9-10-2-4-11(15)5-3-10/h2-8,16H,9H2,1H3. The first-order chi connectivity index (χ1) is 8.69. The van der Waals surface area contributed by atoms with Crippen molar-refractivity contribution < 1.29 is 14.6 Å². The summed E-state index contributed by atoms with van der Waals surface area (Å²) in [7, 11) is 1.54. The molecule has 0 aliphatic heterocycles. The van der Waals surface area contributed by atoms with Gasteiger partial charge in [-0.3, -0.25) is 0 Å². The average Bonchev–Trinajstić information content (AvgIpc) is 2.39. The molecule has 0 atom stereocenters. The van der Waals surface area contributed by atoms with Crippen molar-refractivity contribution in [3.05, 3.63) is 52.5 Å². The van der Waals surface area contributed by atoms with Gasteiger partial charge in [0.1, 0.15) is 12.4 Å². The first-order valence-corrected chi connectivity index (χ1v) is 6.22. The summed E-state index contributed by atoms with van der Waals surface area (Å²) in [6.07, 6.45) is 0. The van der Waals surface area contributed by atoms with Crippen LogP contribution in [0.4, 0.5) is 0 Å². The highest BCUT2D eigenvalue weighted by atomic mass is 79.9. The van der Waals surface area contributed by atoms with E-state index in [0.29, 0.717) is 18.1 Å². The van der Waals surface area contributed by atoms with Crippen LogP contribution in [0.2, 0.25) is 0 Å². The summed E-state index contributed by atoms with van der Waals surface area (Å²) < 4.78 is 11.8. The maximum Gasteiger partial charge on any atom is 0.164 e. The number of hydrogen-bond acceptors (Lipinski definition) is 3. The second kappa shape index (κ2) is 5.78. The van der Waals surface area contributed by atoms with Crippen LogP contribution in [-0.2, 0) is 6.61 Å². The van der Waals surface area contributed by atoms with Crippen molar-refractivity contribution in [1.82, 2.24) is 0 Å².